The van der Waals surface area contributed by atoms with E-state index < -0.39 is 17.7 Å². The molecule has 0 bridgehead atoms. The zero-order valence-corrected chi connectivity index (χ0v) is 16.6. The lowest BCUT2D eigenvalue weighted by atomic mass is 9.99. The van der Waals surface area contributed by atoms with Gasteiger partial charge in [0.1, 0.15) is 17.1 Å². The Hall–Kier alpha value is -2.08. The highest BCUT2D eigenvalue weighted by molar-refractivity contribution is 6.30. The van der Waals surface area contributed by atoms with Crippen molar-refractivity contribution in [3.8, 4) is 5.75 Å². The van der Waals surface area contributed by atoms with Gasteiger partial charge in [-0.1, -0.05) is 11.6 Å². The maximum absolute atomic E-state index is 12.2. The molecule has 0 heterocycles. The Morgan fingerprint density at radius 3 is 2.42 bits per heavy atom. The minimum absolute atomic E-state index is 0.00426. The quantitative estimate of drug-likeness (QED) is 0.748. The second-order valence-electron chi connectivity index (χ2n) is 7.29. The van der Waals surface area contributed by atoms with Crippen LogP contribution in [0.25, 0.3) is 0 Å². The van der Waals surface area contributed by atoms with Gasteiger partial charge in [0, 0.05) is 23.4 Å². The van der Waals surface area contributed by atoms with Crippen LogP contribution in [0.15, 0.2) is 12.1 Å². The highest BCUT2D eigenvalue weighted by atomic mass is 35.5. The standard InChI is InChI=1S/C19H26ClNO5/c1-11-8-14(20)9-13(17(11)24)10-15(23)6-7-16(12(2)22)21-18(25)26-19(3,4)5/h8-9,16,24H,6-7,10H2,1-5H3,(H,21,25)/t16-/m0/s1. The molecule has 0 aliphatic carbocycles. The molecule has 1 atom stereocenters. The molecule has 0 saturated carbocycles. The number of alkyl carbamates (subject to hydrolysis) is 1. The first-order chi connectivity index (χ1) is 11.9. The number of carbonyl (C=O) groups is 3. The summed E-state index contributed by atoms with van der Waals surface area (Å²) in [4.78, 5) is 35.8. The van der Waals surface area contributed by atoms with E-state index in [4.69, 9.17) is 16.3 Å². The molecule has 0 unspecified atom stereocenters. The second kappa shape index (κ2) is 9.03. The number of halogens is 1. The first-order valence-corrected chi connectivity index (χ1v) is 8.76. The summed E-state index contributed by atoms with van der Waals surface area (Å²) in [5.41, 5.74) is 0.358. The average molecular weight is 384 g/mol. The molecule has 0 aliphatic heterocycles. The average Bonchev–Trinajstić information content (AvgIpc) is 2.46. The Bertz CT molecular complexity index is 694. The fourth-order valence-corrected chi connectivity index (χ4v) is 2.67. The minimum Gasteiger partial charge on any atom is -0.507 e. The van der Waals surface area contributed by atoms with Crippen LogP contribution in [0.4, 0.5) is 4.79 Å². The van der Waals surface area contributed by atoms with Crippen molar-refractivity contribution >= 4 is 29.3 Å². The summed E-state index contributed by atoms with van der Waals surface area (Å²) in [6.45, 7) is 8.21. The molecule has 2 N–H and O–H groups in total. The zero-order chi connectivity index (χ0) is 20.1. The molecule has 7 heteroatoms. The Balaban J connectivity index is 2.65. The monoisotopic (exact) mass is 383 g/mol. The Labute approximate surface area is 158 Å². The molecule has 0 saturated heterocycles. The van der Waals surface area contributed by atoms with Crippen LogP contribution in [0.2, 0.25) is 5.02 Å². The van der Waals surface area contributed by atoms with Crippen molar-refractivity contribution in [3.05, 3.63) is 28.3 Å². The maximum atomic E-state index is 12.2. The van der Waals surface area contributed by atoms with E-state index >= 15 is 0 Å². The summed E-state index contributed by atoms with van der Waals surface area (Å²) < 4.78 is 5.13. The van der Waals surface area contributed by atoms with Crippen LogP contribution in [0.5, 0.6) is 5.75 Å². The van der Waals surface area contributed by atoms with Crippen LogP contribution >= 0.6 is 11.6 Å². The van der Waals surface area contributed by atoms with Crippen molar-refractivity contribution in [2.45, 2.75) is 65.5 Å². The number of benzene rings is 1. The molecular formula is C19H26ClNO5. The van der Waals surface area contributed by atoms with Crippen LogP contribution in [0.3, 0.4) is 0 Å². The largest absolute Gasteiger partial charge is 0.507 e. The van der Waals surface area contributed by atoms with Crippen LogP contribution in [-0.4, -0.2) is 34.4 Å². The van der Waals surface area contributed by atoms with E-state index in [2.05, 4.69) is 5.32 Å². The van der Waals surface area contributed by atoms with Crippen molar-refractivity contribution in [1.82, 2.24) is 5.32 Å². The topological polar surface area (TPSA) is 92.7 Å². The van der Waals surface area contributed by atoms with Gasteiger partial charge in [0.05, 0.1) is 6.04 Å². The van der Waals surface area contributed by atoms with Crippen molar-refractivity contribution in [2.75, 3.05) is 0 Å². The third-order valence-corrected chi connectivity index (χ3v) is 3.84. The number of phenolic OH excluding ortho intramolecular Hbond substituents is 1. The molecule has 144 valence electrons. The number of hydrogen-bond acceptors (Lipinski definition) is 5. The van der Waals surface area contributed by atoms with E-state index in [1.165, 1.54) is 6.92 Å². The summed E-state index contributed by atoms with van der Waals surface area (Å²) >= 11 is 5.96. The van der Waals surface area contributed by atoms with Gasteiger partial charge in [-0.25, -0.2) is 4.79 Å². The zero-order valence-electron chi connectivity index (χ0n) is 15.8. The van der Waals surface area contributed by atoms with Crippen molar-refractivity contribution in [1.29, 1.82) is 0 Å². The van der Waals surface area contributed by atoms with E-state index in [9.17, 15) is 19.5 Å². The highest BCUT2D eigenvalue weighted by Crippen LogP contribution is 2.27. The number of aryl methyl sites for hydroxylation is 1. The Morgan fingerprint density at radius 2 is 1.88 bits per heavy atom. The number of carbonyl (C=O) groups excluding carboxylic acids is 3. The summed E-state index contributed by atoms with van der Waals surface area (Å²) in [5.74, 6) is -0.387. The van der Waals surface area contributed by atoms with Crippen LogP contribution in [0, 0.1) is 6.92 Å². The van der Waals surface area contributed by atoms with Crippen LogP contribution < -0.4 is 5.32 Å². The van der Waals surface area contributed by atoms with Gasteiger partial charge >= 0.3 is 6.09 Å². The summed E-state index contributed by atoms with van der Waals surface area (Å²) in [5, 5.41) is 13.0. The molecule has 1 aromatic rings. The Kier molecular flexibility index (Phi) is 7.63. The van der Waals surface area contributed by atoms with Crippen LogP contribution in [-0.2, 0) is 20.7 Å². The molecule has 0 radical (unpaired) electrons. The lowest BCUT2D eigenvalue weighted by Crippen LogP contribution is -2.42. The van der Waals surface area contributed by atoms with Crippen molar-refractivity contribution in [2.24, 2.45) is 0 Å². The van der Waals surface area contributed by atoms with Gasteiger partial charge in [0.2, 0.25) is 0 Å². The number of ketones is 2. The normalized spacial score (nSPS) is 12.4. The van der Waals surface area contributed by atoms with Gasteiger partial charge in [0.25, 0.3) is 0 Å². The van der Waals surface area contributed by atoms with E-state index in [0.717, 1.165) is 0 Å². The maximum Gasteiger partial charge on any atom is 0.408 e. The first-order valence-electron chi connectivity index (χ1n) is 8.38. The number of ether oxygens (including phenoxy) is 1. The second-order valence-corrected chi connectivity index (χ2v) is 7.73. The highest BCUT2D eigenvalue weighted by Gasteiger charge is 2.23. The molecule has 0 aliphatic rings. The van der Waals surface area contributed by atoms with E-state index in [1.54, 1.807) is 39.8 Å². The third kappa shape index (κ3) is 7.44. The molecule has 26 heavy (non-hydrogen) atoms. The fourth-order valence-electron chi connectivity index (χ4n) is 2.37. The predicted molar refractivity (Wildman–Crippen MR) is 99.6 cm³/mol. The molecule has 1 rings (SSSR count). The lowest BCUT2D eigenvalue weighted by Gasteiger charge is -2.22. The lowest BCUT2D eigenvalue weighted by molar-refractivity contribution is -0.120. The third-order valence-electron chi connectivity index (χ3n) is 3.63. The van der Waals surface area contributed by atoms with Gasteiger partial charge in [-0.2, -0.15) is 0 Å². The fraction of sp³-hybridized carbons (Fsp3) is 0.526. The number of hydrogen-bond donors (Lipinski definition) is 2. The first kappa shape index (κ1) is 22.0. The van der Waals surface area contributed by atoms with Gasteiger partial charge < -0.3 is 15.2 Å². The molecule has 1 amide bonds. The van der Waals surface area contributed by atoms with E-state index in [-0.39, 0.29) is 36.6 Å². The van der Waals surface area contributed by atoms with Gasteiger partial charge in [-0.05, 0) is 58.7 Å². The van der Waals surface area contributed by atoms with Gasteiger partial charge in [-0.3, -0.25) is 9.59 Å². The number of nitrogens with one attached hydrogen (secondary N) is 1. The number of rotatable bonds is 7. The van der Waals surface area contributed by atoms with Crippen LogP contribution in [0.1, 0.15) is 51.7 Å². The minimum atomic E-state index is -0.802. The molecule has 6 nitrogen and oxygen atoms in total. The number of aromatic hydroxyl groups is 1. The van der Waals surface area contributed by atoms with E-state index in [0.29, 0.717) is 16.1 Å². The number of phenols is 1. The molecule has 1 aromatic carbocycles. The molecular weight excluding hydrogens is 358 g/mol. The molecule has 0 fully saturated rings. The molecule has 0 aromatic heterocycles. The van der Waals surface area contributed by atoms with E-state index in [1.807, 2.05) is 0 Å². The smallest absolute Gasteiger partial charge is 0.408 e. The molecule has 0 spiro atoms. The van der Waals surface area contributed by atoms with Gasteiger partial charge in [-0.15, -0.1) is 0 Å². The SMILES string of the molecule is CC(=O)[C@H](CCC(=O)Cc1cc(Cl)cc(C)c1O)NC(=O)OC(C)(C)C. The Morgan fingerprint density at radius 1 is 1.27 bits per heavy atom. The van der Waals surface area contributed by atoms with Crippen molar-refractivity contribution in [3.63, 3.8) is 0 Å². The van der Waals surface area contributed by atoms with Gasteiger partial charge in [0.15, 0.2) is 5.78 Å². The summed E-state index contributed by atoms with van der Waals surface area (Å²) in [6.07, 6.45) is -0.462. The number of amides is 1. The number of Topliss-reactive ketones (excluding diaryl/α,β-unsaturated/α-hetero) is 2. The summed E-state index contributed by atoms with van der Waals surface area (Å²) in [7, 11) is 0. The van der Waals surface area contributed by atoms with Crippen molar-refractivity contribution < 1.29 is 24.2 Å². The summed E-state index contributed by atoms with van der Waals surface area (Å²) in [6, 6.07) is 2.36. The predicted octanol–water partition coefficient (Wildman–Crippen LogP) is 3.73.